The predicted molar refractivity (Wildman–Crippen MR) is 14.1 cm³/mol. The Labute approximate surface area is 45.7 Å². The molecule has 0 aliphatic heterocycles. The minimum Gasteiger partial charge on any atom is -0.746 e. The number of carbonyl (C=O) groups excluding carboxylic acids is 1. The second-order valence-electron chi connectivity index (χ2n) is 0.0962. The zero-order valence-electron chi connectivity index (χ0n) is 1.70. The summed E-state index contributed by atoms with van der Waals surface area (Å²) in [5.41, 5.74) is 0.333. The zero-order chi connectivity index (χ0) is 2.71. The maximum atomic E-state index is 8.62. The summed E-state index contributed by atoms with van der Waals surface area (Å²) in [7, 11) is 0. The fourth-order valence-electron chi connectivity index (χ4n) is 0. The quantitative estimate of drug-likeness (QED) is 0.282. The van der Waals surface area contributed by atoms with Crippen molar-refractivity contribution in [3.05, 3.63) is 0 Å². The van der Waals surface area contributed by atoms with E-state index in [0.29, 0.717) is 5.62 Å². The van der Waals surface area contributed by atoms with Crippen LogP contribution in [0.5, 0.6) is 0 Å². The molecule has 0 aromatic rings. The SMILES string of the molecule is O=C[S-].[Ag+]. The summed E-state index contributed by atoms with van der Waals surface area (Å²) in [5.74, 6) is 0. The minimum atomic E-state index is 0. The van der Waals surface area contributed by atoms with Crippen LogP contribution >= 0.6 is 0 Å². The maximum Gasteiger partial charge on any atom is 1.00 e. The van der Waals surface area contributed by atoms with Crippen LogP contribution in [0.15, 0.2) is 0 Å². The van der Waals surface area contributed by atoms with Crippen molar-refractivity contribution in [3.8, 4) is 0 Å². The van der Waals surface area contributed by atoms with Crippen LogP contribution in [0.4, 0.5) is 0 Å². The molecular formula is CHAgOS. The van der Waals surface area contributed by atoms with Crippen molar-refractivity contribution in [2.75, 3.05) is 0 Å². The molecule has 0 aliphatic rings. The van der Waals surface area contributed by atoms with Gasteiger partial charge >= 0.3 is 22.4 Å². The molecule has 3 heteroatoms. The number of hydrogen-bond donors (Lipinski definition) is 0. The van der Waals surface area contributed by atoms with Crippen LogP contribution in [-0.2, 0) is 39.8 Å². The van der Waals surface area contributed by atoms with Gasteiger partial charge in [-0.1, -0.05) is 0 Å². The molecule has 0 fully saturated rings. The Balaban J connectivity index is 0. The Hall–Kier alpha value is 0.630. The third-order valence-corrected chi connectivity index (χ3v) is 0. The first kappa shape index (κ1) is 8.82. The smallest absolute Gasteiger partial charge is 0.746 e. The number of carbonyl (C=O) groups is 1. The van der Waals surface area contributed by atoms with E-state index in [2.05, 4.69) is 12.6 Å². The average Bonchev–Trinajstić information content (AvgIpc) is 0.918. The molecule has 0 bridgehead atoms. The Bertz CT molecular complexity index is 15.5. The van der Waals surface area contributed by atoms with Gasteiger partial charge in [0.2, 0.25) is 0 Å². The van der Waals surface area contributed by atoms with E-state index in [4.69, 9.17) is 4.79 Å². The first-order valence-corrected chi connectivity index (χ1v) is 0.943. The van der Waals surface area contributed by atoms with Crippen molar-refractivity contribution in [1.29, 1.82) is 0 Å². The molecule has 0 spiro atoms. The first-order chi connectivity index (χ1) is 1.41. The topological polar surface area (TPSA) is 17.1 Å². The van der Waals surface area contributed by atoms with Gasteiger partial charge in [0.05, 0.1) is 0 Å². The molecule has 28 valence electrons. The van der Waals surface area contributed by atoms with Crippen LogP contribution in [0.2, 0.25) is 0 Å². The molecule has 0 rings (SSSR count). The van der Waals surface area contributed by atoms with Gasteiger partial charge in [-0.05, 0) is 5.62 Å². The fraction of sp³-hybridized carbons (Fsp3) is 0. The van der Waals surface area contributed by atoms with Gasteiger partial charge in [-0.15, -0.1) is 0 Å². The largest absolute Gasteiger partial charge is 1.00 e. The molecule has 0 aliphatic carbocycles. The summed E-state index contributed by atoms with van der Waals surface area (Å²) in [6, 6.07) is 0. The fourth-order valence-corrected chi connectivity index (χ4v) is 0. The monoisotopic (exact) mass is 168 g/mol. The van der Waals surface area contributed by atoms with E-state index in [-0.39, 0.29) is 22.4 Å². The molecule has 0 radical (unpaired) electrons. The Kier molecular flexibility index (Phi) is 20.8. The normalized spacial score (nSPS) is 3.00. The van der Waals surface area contributed by atoms with Crippen molar-refractivity contribution in [2.45, 2.75) is 0 Å². The first-order valence-electron chi connectivity index (χ1n) is 0.471. The molecule has 0 saturated carbocycles. The molecule has 0 aromatic carbocycles. The van der Waals surface area contributed by atoms with E-state index in [1.54, 1.807) is 0 Å². The van der Waals surface area contributed by atoms with Gasteiger partial charge in [0, 0.05) is 0 Å². The van der Waals surface area contributed by atoms with Gasteiger partial charge in [-0.25, -0.2) is 0 Å². The minimum absolute atomic E-state index is 0. The van der Waals surface area contributed by atoms with Crippen molar-refractivity contribution in [2.24, 2.45) is 0 Å². The van der Waals surface area contributed by atoms with Gasteiger partial charge in [0.25, 0.3) is 0 Å². The third-order valence-electron chi connectivity index (χ3n) is 0. The maximum absolute atomic E-state index is 8.62. The predicted octanol–water partition coefficient (Wildman–Crippen LogP) is -0.279. The van der Waals surface area contributed by atoms with Gasteiger partial charge < -0.3 is 17.4 Å². The summed E-state index contributed by atoms with van der Waals surface area (Å²) in [5, 5.41) is 0. The summed E-state index contributed by atoms with van der Waals surface area (Å²) < 4.78 is 0. The summed E-state index contributed by atoms with van der Waals surface area (Å²) >= 11 is 3.71. The van der Waals surface area contributed by atoms with Crippen LogP contribution in [0.1, 0.15) is 0 Å². The molecule has 0 amide bonds. The average molecular weight is 169 g/mol. The Morgan fingerprint density at radius 2 is 1.75 bits per heavy atom. The van der Waals surface area contributed by atoms with Gasteiger partial charge in [0.1, 0.15) is 0 Å². The second-order valence-corrected chi connectivity index (χ2v) is 0.289. The summed E-state index contributed by atoms with van der Waals surface area (Å²) in [6.07, 6.45) is 0. The van der Waals surface area contributed by atoms with Crippen molar-refractivity contribution in [1.82, 2.24) is 0 Å². The van der Waals surface area contributed by atoms with E-state index in [1.807, 2.05) is 0 Å². The third kappa shape index (κ3) is 17.6. The van der Waals surface area contributed by atoms with Gasteiger partial charge in [0.15, 0.2) is 0 Å². The van der Waals surface area contributed by atoms with E-state index in [0.717, 1.165) is 0 Å². The zero-order valence-corrected chi connectivity index (χ0v) is 3.99. The van der Waals surface area contributed by atoms with Crippen LogP contribution < -0.4 is 0 Å². The van der Waals surface area contributed by atoms with Gasteiger partial charge in [-0.3, -0.25) is 0 Å². The molecular weight excluding hydrogens is 168 g/mol. The van der Waals surface area contributed by atoms with Crippen molar-refractivity contribution < 1.29 is 27.2 Å². The second kappa shape index (κ2) is 9.45. The van der Waals surface area contributed by atoms with Crippen LogP contribution in [-0.4, -0.2) is 5.62 Å². The van der Waals surface area contributed by atoms with E-state index in [9.17, 15) is 0 Å². The molecule has 0 unspecified atom stereocenters. The Morgan fingerprint density at radius 1 is 1.75 bits per heavy atom. The standard InChI is InChI=1S/CH2OS.Ag/c2-1-3;/h1H,(H,2,3);/q;+1/p-1. The van der Waals surface area contributed by atoms with E-state index in [1.165, 1.54) is 0 Å². The van der Waals surface area contributed by atoms with Crippen molar-refractivity contribution >= 4 is 18.2 Å². The molecule has 0 saturated heterocycles. The molecule has 1 nitrogen and oxygen atoms in total. The van der Waals surface area contributed by atoms with Crippen LogP contribution in [0.3, 0.4) is 0 Å². The summed E-state index contributed by atoms with van der Waals surface area (Å²) in [4.78, 5) is 8.62. The summed E-state index contributed by atoms with van der Waals surface area (Å²) in [6.45, 7) is 0. The van der Waals surface area contributed by atoms with E-state index >= 15 is 0 Å². The molecule has 4 heavy (non-hydrogen) atoms. The molecule has 0 aromatic heterocycles. The molecule has 0 atom stereocenters. The number of hydrogen-bond acceptors (Lipinski definition) is 2. The Morgan fingerprint density at radius 3 is 1.75 bits per heavy atom. The van der Waals surface area contributed by atoms with E-state index < -0.39 is 0 Å². The molecule has 0 heterocycles. The van der Waals surface area contributed by atoms with Crippen LogP contribution in [0, 0.1) is 0 Å². The van der Waals surface area contributed by atoms with Crippen LogP contribution in [0.25, 0.3) is 0 Å². The van der Waals surface area contributed by atoms with Gasteiger partial charge in [-0.2, -0.15) is 0 Å². The number of rotatable bonds is 0. The van der Waals surface area contributed by atoms with Crippen molar-refractivity contribution in [3.63, 3.8) is 0 Å². The molecule has 0 N–H and O–H groups in total.